The third-order valence-electron chi connectivity index (χ3n) is 2.65. The number of benzene rings is 1. The van der Waals surface area contributed by atoms with Crippen LogP contribution in [0.4, 0.5) is 5.69 Å². The van der Waals surface area contributed by atoms with Crippen molar-refractivity contribution < 1.29 is 14.3 Å². The van der Waals surface area contributed by atoms with Crippen LogP contribution in [0.25, 0.3) is 0 Å². The number of carbonyl (C=O) groups is 2. The van der Waals surface area contributed by atoms with Crippen LogP contribution >= 0.6 is 22.6 Å². The molecule has 1 amide bonds. The summed E-state index contributed by atoms with van der Waals surface area (Å²) >= 11 is 2.15. The number of ether oxygens (including phenoxy) is 1. The first kappa shape index (κ1) is 16.7. The van der Waals surface area contributed by atoms with Gasteiger partial charge in [-0.25, -0.2) is 0 Å². The molecule has 1 aromatic carbocycles. The zero-order chi connectivity index (χ0) is 15.1. The molecule has 0 heterocycles. The highest BCUT2D eigenvalue weighted by atomic mass is 127. The van der Waals surface area contributed by atoms with Gasteiger partial charge in [-0.3, -0.25) is 9.59 Å². The lowest BCUT2D eigenvalue weighted by Crippen LogP contribution is -2.35. The first-order chi connectivity index (χ1) is 9.47. The normalized spacial score (nSPS) is 11.6. The smallest absolute Gasteiger partial charge is 0.307 e. The van der Waals surface area contributed by atoms with Crippen molar-refractivity contribution in [3.8, 4) is 0 Å². The summed E-state index contributed by atoms with van der Waals surface area (Å²) in [6.07, 6.45) is 0.165. The number of hydrogen-bond acceptors (Lipinski definition) is 4. The maximum absolute atomic E-state index is 12.2. The van der Waals surface area contributed by atoms with Crippen molar-refractivity contribution >= 4 is 40.2 Å². The summed E-state index contributed by atoms with van der Waals surface area (Å²) in [6.45, 7) is 3.88. The van der Waals surface area contributed by atoms with Gasteiger partial charge in [0.05, 0.1) is 18.6 Å². The van der Waals surface area contributed by atoms with E-state index in [1.807, 2.05) is 12.1 Å². The number of anilines is 1. The summed E-state index contributed by atoms with van der Waals surface area (Å²) < 4.78 is 5.84. The van der Waals surface area contributed by atoms with Crippen LogP contribution in [0, 0.1) is 3.57 Å². The molecule has 0 bridgehead atoms. The van der Waals surface area contributed by atoms with Crippen LogP contribution in [-0.2, 0) is 9.53 Å². The van der Waals surface area contributed by atoms with Gasteiger partial charge in [-0.2, -0.15) is 0 Å². The molecular formula is C14H19IN2O3. The van der Waals surface area contributed by atoms with E-state index in [9.17, 15) is 9.59 Å². The van der Waals surface area contributed by atoms with E-state index in [1.165, 1.54) is 0 Å². The zero-order valence-electron chi connectivity index (χ0n) is 11.8. The van der Waals surface area contributed by atoms with Gasteiger partial charge in [0.1, 0.15) is 0 Å². The van der Waals surface area contributed by atoms with Crippen molar-refractivity contribution in [3.63, 3.8) is 0 Å². The summed E-state index contributed by atoms with van der Waals surface area (Å²) in [5, 5.41) is 5.79. The highest BCUT2D eigenvalue weighted by Crippen LogP contribution is 2.18. The molecule has 20 heavy (non-hydrogen) atoms. The van der Waals surface area contributed by atoms with E-state index in [-0.39, 0.29) is 24.3 Å². The maximum Gasteiger partial charge on any atom is 0.307 e. The summed E-state index contributed by atoms with van der Waals surface area (Å²) in [6, 6.07) is 5.31. The van der Waals surface area contributed by atoms with Crippen molar-refractivity contribution in [2.24, 2.45) is 0 Å². The quantitative estimate of drug-likeness (QED) is 0.579. The highest BCUT2D eigenvalue weighted by Gasteiger charge is 2.16. The number of amides is 1. The van der Waals surface area contributed by atoms with Crippen molar-refractivity contribution in [1.29, 1.82) is 0 Å². The first-order valence-electron chi connectivity index (χ1n) is 6.41. The summed E-state index contributed by atoms with van der Waals surface area (Å²) in [4.78, 5) is 23.6. The van der Waals surface area contributed by atoms with Gasteiger partial charge in [0.2, 0.25) is 0 Å². The third-order valence-corrected chi connectivity index (χ3v) is 3.32. The van der Waals surface area contributed by atoms with E-state index in [2.05, 4.69) is 33.2 Å². The molecule has 0 saturated carbocycles. The summed E-state index contributed by atoms with van der Waals surface area (Å²) in [5.41, 5.74) is 1.32. The Morgan fingerprint density at radius 1 is 1.40 bits per heavy atom. The molecule has 1 rings (SSSR count). The van der Waals surface area contributed by atoms with E-state index < -0.39 is 0 Å². The average Bonchev–Trinajstić information content (AvgIpc) is 2.38. The Hall–Kier alpha value is -1.31. The number of halogens is 1. The van der Waals surface area contributed by atoms with E-state index in [4.69, 9.17) is 4.74 Å². The van der Waals surface area contributed by atoms with E-state index in [1.54, 1.807) is 27.0 Å². The zero-order valence-corrected chi connectivity index (χ0v) is 14.0. The molecule has 5 nitrogen and oxygen atoms in total. The molecule has 0 aliphatic rings. The molecule has 1 unspecified atom stereocenters. The number of esters is 1. The van der Waals surface area contributed by atoms with Crippen LogP contribution in [0.3, 0.4) is 0 Å². The fourth-order valence-electron chi connectivity index (χ4n) is 1.74. The molecular weight excluding hydrogens is 371 g/mol. The molecule has 1 aromatic rings. The van der Waals surface area contributed by atoms with Gasteiger partial charge in [0, 0.05) is 22.3 Å². The Labute approximate surface area is 132 Å². The predicted octanol–water partition coefficient (Wildman–Crippen LogP) is 2.40. The molecule has 0 radical (unpaired) electrons. The van der Waals surface area contributed by atoms with Crippen molar-refractivity contribution in [2.45, 2.75) is 26.3 Å². The van der Waals surface area contributed by atoms with E-state index >= 15 is 0 Å². The Morgan fingerprint density at radius 2 is 2.10 bits per heavy atom. The molecule has 0 aliphatic carbocycles. The molecule has 110 valence electrons. The number of rotatable bonds is 6. The molecule has 0 fully saturated rings. The molecule has 0 spiro atoms. The Kier molecular flexibility index (Phi) is 6.77. The van der Waals surface area contributed by atoms with Gasteiger partial charge < -0.3 is 15.4 Å². The van der Waals surface area contributed by atoms with Gasteiger partial charge in [0.25, 0.3) is 5.91 Å². The predicted molar refractivity (Wildman–Crippen MR) is 86.9 cm³/mol. The van der Waals surface area contributed by atoms with Crippen molar-refractivity contribution in [3.05, 3.63) is 27.3 Å². The van der Waals surface area contributed by atoms with Crippen LogP contribution in [-0.4, -0.2) is 31.6 Å². The largest absolute Gasteiger partial charge is 0.466 e. The maximum atomic E-state index is 12.2. The van der Waals surface area contributed by atoms with E-state index in [0.29, 0.717) is 12.2 Å². The second-order valence-corrected chi connectivity index (χ2v) is 5.57. The molecule has 0 aromatic heterocycles. The fraction of sp³-hybridized carbons (Fsp3) is 0.429. The van der Waals surface area contributed by atoms with Crippen LogP contribution in [0.2, 0.25) is 0 Å². The summed E-state index contributed by atoms with van der Waals surface area (Å²) in [7, 11) is 1.76. The monoisotopic (exact) mass is 390 g/mol. The minimum atomic E-state index is -0.309. The van der Waals surface area contributed by atoms with Gasteiger partial charge in [0.15, 0.2) is 0 Å². The standard InChI is InChI=1S/C14H19IN2O3/c1-4-20-13(18)7-9(2)17-14(19)11-8-10(15)5-6-12(11)16-3/h5-6,8-9,16H,4,7H2,1-3H3,(H,17,19). The molecule has 0 aliphatic heterocycles. The van der Waals surface area contributed by atoms with Crippen LogP contribution in [0.1, 0.15) is 30.6 Å². The molecule has 0 saturated heterocycles. The second kappa shape index (κ2) is 8.08. The molecule has 2 N–H and O–H groups in total. The van der Waals surface area contributed by atoms with Crippen molar-refractivity contribution in [1.82, 2.24) is 5.32 Å². The topological polar surface area (TPSA) is 67.4 Å². The average molecular weight is 390 g/mol. The van der Waals surface area contributed by atoms with Gasteiger partial charge in [-0.05, 0) is 54.6 Å². The number of carbonyl (C=O) groups excluding carboxylic acids is 2. The Bertz CT molecular complexity index is 491. The lowest BCUT2D eigenvalue weighted by atomic mass is 10.1. The third kappa shape index (κ3) is 4.99. The SMILES string of the molecule is CCOC(=O)CC(C)NC(=O)c1cc(I)ccc1NC. The van der Waals surface area contributed by atoms with E-state index in [0.717, 1.165) is 9.26 Å². The first-order valence-corrected chi connectivity index (χ1v) is 7.49. The van der Waals surface area contributed by atoms with Crippen LogP contribution in [0.5, 0.6) is 0 Å². The minimum Gasteiger partial charge on any atom is -0.466 e. The van der Waals surface area contributed by atoms with Crippen LogP contribution in [0.15, 0.2) is 18.2 Å². The number of hydrogen-bond donors (Lipinski definition) is 2. The Morgan fingerprint density at radius 3 is 2.70 bits per heavy atom. The number of nitrogens with one attached hydrogen (secondary N) is 2. The highest BCUT2D eigenvalue weighted by molar-refractivity contribution is 14.1. The van der Waals surface area contributed by atoms with Crippen molar-refractivity contribution in [2.75, 3.05) is 19.0 Å². The van der Waals surface area contributed by atoms with Gasteiger partial charge in [-0.15, -0.1) is 0 Å². The lowest BCUT2D eigenvalue weighted by molar-refractivity contribution is -0.143. The van der Waals surface area contributed by atoms with Gasteiger partial charge in [-0.1, -0.05) is 0 Å². The fourth-order valence-corrected chi connectivity index (χ4v) is 2.24. The minimum absolute atomic E-state index is 0.165. The van der Waals surface area contributed by atoms with Gasteiger partial charge >= 0.3 is 5.97 Å². The Balaban J connectivity index is 2.71. The van der Waals surface area contributed by atoms with Crippen LogP contribution < -0.4 is 10.6 Å². The second-order valence-electron chi connectivity index (χ2n) is 4.32. The molecule has 1 atom stereocenters. The summed E-state index contributed by atoms with van der Waals surface area (Å²) in [5.74, 6) is -0.513. The lowest BCUT2D eigenvalue weighted by Gasteiger charge is -2.15. The molecule has 6 heteroatoms.